The van der Waals surface area contributed by atoms with Crippen LogP contribution in [0.5, 0.6) is 11.5 Å². The van der Waals surface area contributed by atoms with E-state index in [1.54, 1.807) is 26.2 Å². The molecule has 7 nitrogen and oxygen atoms in total. The van der Waals surface area contributed by atoms with Crippen molar-refractivity contribution in [2.45, 2.75) is 12.6 Å². The largest absolute Gasteiger partial charge is 0.493 e. The molecular formula is C15H20N2O5. The molecule has 120 valence electrons. The van der Waals surface area contributed by atoms with E-state index in [0.29, 0.717) is 24.7 Å². The van der Waals surface area contributed by atoms with Gasteiger partial charge in [0.1, 0.15) is 0 Å². The van der Waals surface area contributed by atoms with Crippen LogP contribution in [-0.4, -0.2) is 57.2 Å². The molecule has 0 radical (unpaired) electrons. The Morgan fingerprint density at radius 1 is 1.36 bits per heavy atom. The number of epoxide rings is 1. The smallest absolute Gasteiger partial charge is 0.259 e. The number of methoxy groups -OCH3 is 1. The van der Waals surface area contributed by atoms with Crippen LogP contribution in [0.3, 0.4) is 0 Å². The Bertz CT molecular complexity index is 555. The second-order valence-corrected chi connectivity index (χ2v) is 5.10. The molecule has 1 aromatic carbocycles. The van der Waals surface area contributed by atoms with Crippen LogP contribution >= 0.6 is 0 Å². The summed E-state index contributed by atoms with van der Waals surface area (Å²) in [6.45, 7) is 0.812. The Morgan fingerprint density at radius 2 is 2.09 bits per heavy atom. The van der Waals surface area contributed by atoms with E-state index < -0.39 is 0 Å². The van der Waals surface area contributed by atoms with E-state index in [2.05, 4.69) is 5.32 Å². The van der Waals surface area contributed by atoms with Crippen molar-refractivity contribution in [3.05, 3.63) is 23.8 Å². The van der Waals surface area contributed by atoms with Crippen molar-refractivity contribution in [2.24, 2.45) is 0 Å². The van der Waals surface area contributed by atoms with Crippen molar-refractivity contribution in [1.29, 1.82) is 0 Å². The van der Waals surface area contributed by atoms with E-state index in [1.165, 1.54) is 12.0 Å². The number of rotatable bonds is 7. The molecule has 0 aliphatic carbocycles. The van der Waals surface area contributed by atoms with Crippen LogP contribution in [0, 0.1) is 0 Å². The van der Waals surface area contributed by atoms with E-state index in [9.17, 15) is 9.59 Å². The van der Waals surface area contributed by atoms with Gasteiger partial charge >= 0.3 is 0 Å². The minimum atomic E-state index is -0.304. The second-order valence-electron chi connectivity index (χ2n) is 5.10. The number of hydrogen-bond donors (Lipinski definition) is 1. The molecule has 7 heteroatoms. The topological polar surface area (TPSA) is 80.4 Å². The summed E-state index contributed by atoms with van der Waals surface area (Å²) in [4.78, 5) is 24.5. The molecule has 1 saturated heterocycles. The van der Waals surface area contributed by atoms with Gasteiger partial charge in [-0.1, -0.05) is 6.07 Å². The number of amides is 2. The molecule has 0 bridgehead atoms. The number of benzene rings is 1. The first-order valence-electron chi connectivity index (χ1n) is 6.90. The molecule has 22 heavy (non-hydrogen) atoms. The molecule has 0 spiro atoms. The molecule has 0 aromatic heterocycles. The summed E-state index contributed by atoms with van der Waals surface area (Å²) in [5, 5.41) is 2.78. The Hall–Kier alpha value is -2.28. The lowest BCUT2D eigenvalue weighted by atomic mass is 10.2. The third-order valence-corrected chi connectivity index (χ3v) is 3.17. The van der Waals surface area contributed by atoms with Gasteiger partial charge in [0.15, 0.2) is 24.2 Å². The molecule has 1 unspecified atom stereocenters. The van der Waals surface area contributed by atoms with Gasteiger partial charge in [-0.05, 0) is 17.7 Å². The van der Waals surface area contributed by atoms with Gasteiger partial charge in [0.2, 0.25) is 0 Å². The van der Waals surface area contributed by atoms with Crippen LogP contribution in [0.2, 0.25) is 0 Å². The van der Waals surface area contributed by atoms with Gasteiger partial charge in [-0.25, -0.2) is 0 Å². The van der Waals surface area contributed by atoms with Crippen molar-refractivity contribution >= 4 is 11.8 Å². The van der Waals surface area contributed by atoms with Crippen LogP contribution < -0.4 is 14.8 Å². The summed E-state index contributed by atoms with van der Waals surface area (Å²) in [6, 6.07) is 5.30. The zero-order chi connectivity index (χ0) is 16.1. The zero-order valence-corrected chi connectivity index (χ0v) is 12.9. The molecule has 1 heterocycles. The first kappa shape index (κ1) is 16.1. The molecule has 1 aromatic rings. The summed E-state index contributed by atoms with van der Waals surface area (Å²) in [6.07, 6.45) is -0.304. The van der Waals surface area contributed by atoms with Crippen molar-refractivity contribution in [1.82, 2.24) is 10.2 Å². The Kier molecular flexibility index (Phi) is 5.21. The first-order chi connectivity index (χ1) is 10.5. The normalized spacial score (nSPS) is 15.9. The first-order valence-corrected chi connectivity index (χ1v) is 6.90. The van der Waals surface area contributed by atoms with Crippen LogP contribution in [0.25, 0.3) is 0 Å². The monoisotopic (exact) mass is 308 g/mol. The van der Waals surface area contributed by atoms with E-state index >= 15 is 0 Å². The van der Waals surface area contributed by atoms with Gasteiger partial charge in [-0.3, -0.25) is 9.59 Å². The molecule has 2 rings (SSSR count). The molecule has 1 fully saturated rings. The lowest BCUT2D eigenvalue weighted by molar-refractivity contribution is -0.130. The maximum atomic E-state index is 11.5. The standard InChI is InChI=1S/C15H20N2O5/c1-17(2)14(18)9-22-11-5-4-10(6-12(11)20-3)7-16-15(19)13-8-21-13/h4-6,13H,7-9H2,1-3H3,(H,16,19). The van der Waals surface area contributed by atoms with Gasteiger partial charge in [-0.15, -0.1) is 0 Å². The molecule has 1 atom stereocenters. The summed E-state index contributed by atoms with van der Waals surface area (Å²) >= 11 is 0. The van der Waals surface area contributed by atoms with Gasteiger partial charge in [0, 0.05) is 20.6 Å². The maximum Gasteiger partial charge on any atom is 0.259 e. The number of carbonyl (C=O) groups excluding carboxylic acids is 2. The lowest BCUT2D eigenvalue weighted by Crippen LogP contribution is -2.28. The predicted octanol–water partition coefficient (Wildman–Crippen LogP) is 0.177. The quantitative estimate of drug-likeness (QED) is 0.727. The summed E-state index contributed by atoms with van der Waals surface area (Å²) in [5.41, 5.74) is 0.872. The maximum absolute atomic E-state index is 11.5. The van der Waals surface area contributed by atoms with Gasteiger partial charge < -0.3 is 24.4 Å². The van der Waals surface area contributed by atoms with Gasteiger partial charge in [0.05, 0.1) is 13.7 Å². The molecule has 1 aliphatic heterocycles. The predicted molar refractivity (Wildman–Crippen MR) is 78.8 cm³/mol. The highest BCUT2D eigenvalue weighted by Gasteiger charge is 2.30. The number of likely N-dealkylation sites (N-methyl/N-ethyl adjacent to an activating group) is 1. The van der Waals surface area contributed by atoms with Crippen LogP contribution in [0.4, 0.5) is 0 Å². The number of hydrogen-bond acceptors (Lipinski definition) is 5. The summed E-state index contributed by atoms with van der Waals surface area (Å²) in [5.74, 6) is 0.748. The molecule has 1 N–H and O–H groups in total. The highest BCUT2D eigenvalue weighted by Crippen LogP contribution is 2.28. The fourth-order valence-corrected chi connectivity index (χ4v) is 1.71. The van der Waals surface area contributed by atoms with E-state index in [4.69, 9.17) is 14.2 Å². The summed E-state index contributed by atoms with van der Waals surface area (Å²) in [7, 11) is 4.85. The van der Waals surface area contributed by atoms with E-state index in [1.807, 2.05) is 6.07 Å². The number of nitrogens with one attached hydrogen (secondary N) is 1. The van der Waals surface area contributed by atoms with Crippen molar-refractivity contribution in [3.63, 3.8) is 0 Å². The van der Waals surface area contributed by atoms with Crippen LogP contribution in [0.15, 0.2) is 18.2 Å². The number of nitrogens with zero attached hydrogens (tertiary/aromatic N) is 1. The third kappa shape index (κ3) is 4.36. The SMILES string of the molecule is COc1cc(CNC(=O)C2CO2)ccc1OCC(=O)N(C)C. The Labute approximate surface area is 129 Å². The number of carbonyl (C=O) groups is 2. The van der Waals surface area contributed by atoms with E-state index in [-0.39, 0.29) is 24.5 Å². The van der Waals surface area contributed by atoms with Crippen molar-refractivity contribution in [2.75, 3.05) is 34.4 Å². The summed E-state index contributed by atoms with van der Waals surface area (Å²) < 4.78 is 15.6. The van der Waals surface area contributed by atoms with Crippen LogP contribution in [-0.2, 0) is 20.9 Å². The second kappa shape index (κ2) is 7.13. The minimum Gasteiger partial charge on any atom is -0.493 e. The number of ether oxygens (including phenoxy) is 3. The lowest BCUT2D eigenvalue weighted by Gasteiger charge is -2.14. The van der Waals surface area contributed by atoms with Crippen molar-refractivity contribution in [3.8, 4) is 11.5 Å². The molecule has 0 saturated carbocycles. The van der Waals surface area contributed by atoms with Gasteiger partial charge in [0.25, 0.3) is 11.8 Å². The minimum absolute atomic E-state index is 0.0571. The Morgan fingerprint density at radius 3 is 2.68 bits per heavy atom. The average Bonchev–Trinajstić information content (AvgIpc) is 3.35. The molecule has 2 amide bonds. The fraction of sp³-hybridized carbons (Fsp3) is 0.467. The molecular weight excluding hydrogens is 288 g/mol. The highest BCUT2D eigenvalue weighted by molar-refractivity contribution is 5.82. The fourth-order valence-electron chi connectivity index (χ4n) is 1.71. The molecule has 1 aliphatic rings. The van der Waals surface area contributed by atoms with Crippen LogP contribution in [0.1, 0.15) is 5.56 Å². The highest BCUT2D eigenvalue weighted by atomic mass is 16.6. The van der Waals surface area contributed by atoms with Crippen molar-refractivity contribution < 1.29 is 23.8 Å². The van der Waals surface area contributed by atoms with Gasteiger partial charge in [-0.2, -0.15) is 0 Å². The Balaban J connectivity index is 1.94. The third-order valence-electron chi connectivity index (χ3n) is 3.17. The van der Waals surface area contributed by atoms with E-state index in [0.717, 1.165) is 5.56 Å². The average molecular weight is 308 g/mol. The zero-order valence-electron chi connectivity index (χ0n) is 12.9.